The van der Waals surface area contributed by atoms with E-state index in [0.29, 0.717) is 19.2 Å². The van der Waals surface area contributed by atoms with Crippen molar-refractivity contribution in [1.82, 2.24) is 10.3 Å². The van der Waals surface area contributed by atoms with Crippen molar-refractivity contribution in [3.05, 3.63) is 59.2 Å². The summed E-state index contributed by atoms with van der Waals surface area (Å²) in [4.78, 5) is 4.54. The minimum Gasteiger partial charge on any atom is -0.487 e. The Hall–Kier alpha value is -1.94. The monoisotopic (exact) mass is 286 g/mol. The molecule has 1 aromatic carbocycles. The van der Waals surface area contributed by atoms with Gasteiger partial charge in [-0.2, -0.15) is 0 Å². The molecule has 2 aromatic rings. The van der Waals surface area contributed by atoms with Crippen molar-refractivity contribution in [3.63, 3.8) is 0 Å². The van der Waals surface area contributed by atoms with E-state index in [2.05, 4.69) is 10.3 Å². The second-order valence-electron chi connectivity index (χ2n) is 5.47. The third kappa shape index (κ3) is 4.02. The summed E-state index contributed by atoms with van der Waals surface area (Å²) in [5.41, 5.74) is 2.70. The highest BCUT2D eigenvalue weighted by molar-refractivity contribution is 5.30. The van der Waals surface area contributed by atoms with Crippen LogP contribution in [0.15, 0.2) is 36.4 Å². The van der Waals surface area contributed by atoms with Gasteiger partial charge in [-0.3, -0.25) is 4.98 Å². The zero-order valence-electron chi connectivity index (χ0n) is 12.1. The molecule has 1 heterocycles. The van der Waals surface area contributed by atoms with E-state index in [1.54, 1.807) is 6.07 Å². The summed E-state index contributed by atoms with van der Waals surface area (Å²) in [6.45, 7) is 3.03. The maximum Gasteiger partial charge on any atom is 0.142 e. The second-order valence-corrected chi connectivity index (χ2v) is 5.47. The molecule has 1 aromatic heterocycles. The second kappa shape index (κ2) is 6.22. The molecule has 1 aliphatic carbocycles. The number of pyridine rings is 1. The van der Waals surface area contributed by atoms with Crippen LogP contribution in [0.4, 0.5) is 4.39 Å². The highest BCUT2D eigenvalue weighted by Crippen LogP contribution is 2.22. The van der Waals surface area contributed by atoms with Crippen LogP contribution < -0.4 is 10.1 Å². The van der Waals surface area contributed by atoms with Crippen molar-refractivity contribution in [2.45, 2.75) is 39.0 Å². The largest absolute Gasteiger partial charge is 0.487 e. The van der Waals surface area contributed by atoms with Crippen LogP contribution >= 0.6 is 0 Å². The molecule has 0 saturated heterocycles. The Labute approximate surface area is 124 Å². The van der Waals surface area contributed by atoms with Gasteiger partial charge in [0.2, 0.25) is 0 Å². The minimum absolute atomic E-state index is 0.242. The highest BCUT2D eigenvalue weighted by atomic mass is 19.1. The van der Waals surface area contributed by atoms with Gasteiger partial charge in [0.1, 0.15) is 18.2 Å². The van der Waals surface area contributed by atoms with Gasteiger partial charge in [0, 0.05) is 18.3 Å². The Balaban J connectivity index is 1.68. The average molecular weight is 286 g/mol. The van der Waals surface area contributed by atoms with Gasteiger partial charge >= 0.3 is 0 Å². The van der Waals surface area contributed by atoms with E-state index in [-0.39, 0.29) is 5.82 Å². The number of hydrogen-bond acceptors (Lipinski definition) is 3. The average Bonchev–Trinajstić information content (AvgIpc) is 3.28. The molecule has 1 aliphatic rings. The van der Waals surface area contributed by atoms with E-state index in [0.717, 1.165) is 22.7 Å². The molecule has 0 atom stereocenters. The lowest BCUT2D eigenvalue weighted by Crippen LogP contribution is -2.17. The van der Waals surface area contributed by atoms with E-state index >= 15 is 0 Å². The van der Waals surface area contributed by atoms with Gasteiger partial charge in [0.25, 0.3) is 0 Å². The smallest absolute Gasteiger partial charge is 0.142 e. The molecule has 110 valence electrons. The standard InChI is InChI=1S/C17H19FN2O/c1-12-5-8-17(16(20-12)10-19-15-6-7-15)21-11-13-3-2-4-14(18)9-13/h2-5,8-9,15,19H,6-7,10-11H2,1H3. The lowest BCUT2D eigenvalue weighted by atomic mass is 10.2. The molecule has 1 N–H and O–H groups in total. The maximum absolute atomic E-state index is 13.2. The number of hydrogen-bond donors (Lipinski definition) is 1. The summed E-state index contributed by atoms with van der Waals surface area (Å²) in [5, 5.41) is 3.45. The van der Waals surface area contributed by atoms with Gasteiger partial charge in [0.15, 0.2) is 0 Å². The van der Waals surface area contributed by atoms with Crippen molar-refractivity contribution >= 4 is 0 Å². The lowest BCUT2D eigenvalue weighted by molar-refractivity contribution is 0.299. The first-order valence-corrected chi connectivity index (χ1v) is 7.28. The summed E-state index contributed by atoms with van der Waals surface area (Å²) >= 11 is 0. The van der Waals surface area contributed by atoms with Crippen molar-refractivity contribution in [3.8, 4) is 5.75 Å². The number of nitrogens with one attached hydrogen (secondary N) is 1. The van der Waals surface area contributed by atoms with Gasteiger partial charge in [-0.25, -0.2) is 4.39 Å². The molecule has 21 heavy (non-hydrogen) atoms. The fourth-order valence-electron chi connectivity index (χ4n) is 2.17. The molecule has 0 bridgehead atoms. The van der Waals surface area contributed by atoms with Crippen LogP contribution in [0.1, 0.15) is 29.8 Å². The van der Waals surface area contributed by atoms with E-state index in [1.165, 1.54) is 25.0 Å². The van der Waals surface area contributed by atoms with Crippen LogP contribution in [0.5, 0.6) is 5.75 Å². The molecule has 1 fully saturated rings. The quantitative estimate of drug-likeness (QED) is 0.884. The molecule has 3 rings (SSSR count). The number of aromatic nitrogens is 1. The number of ether oxygens (including phenoxy) is 1. The highest BCUT2D eigenvalue weighted by Gasteiger charge is 2.21. The minimum atomic E-state index is -0.242. The molecule has 0 amide bonds. The zero-order chi connectivity index (χ0) is 14.7. The summed E-state index contributed by atoms with van der Waals surface area (Å²) in [6.07, 6.45) is 2.48. The molecular formula is C17H19FN2O. The first-order chi connectivity index (χ1) is 10.2. The van der Waals surface area contributed by atoms with Crippen molar-refractivity contribution < 1.29 is 9.13 Å². The number of nitrogens with zero attached hydrogens (tertiary/aromatic N) is 1. The Kier molecular flexibility index (Phi) is 4.15. The van der Waals surface area contributed by atoms with Crippen LogP contribution in [-0.2, 0) is 13.2 Å². The lowest BCUT2D eigenvalue weighted by Gasteiger charge is -2.12. The van der Waals surface area contributed by atoms with Gasteiger partial charge in [-0.1, -0.05) is 12.1 Å². The fraction of sp³-hybridized carbons (Fsp3) is 0.353. The Bertz CT molecular complexity index is 626. The Morgan fingerprint density at radius 3 is 2.90 bits per heavy atom. The van der Waals surface area contributed by atoms with Crippen LogP contribution in [0.2, 0.25) is 0 Å². The summed E-state index contributed by atoms with van der Waals surface area (Å²) in [5.74, 6) is 0.520. The van der Waals surface area contributed by atoms with Crippen molar-refractivity contribution in [2.75, 3.05) is 0 Å². The molecule has 0 spiro atoms. The number of aryl methyl sites for hydroxylation is 1. The summed E-state index contributed by atoms with van der Waals surface area (Å²) in [6, 6.07) is 11.0. The topological polar surface area (TPSA) is 34.1 Å². The molecule has 0 radical (unpaired) electrons. The molecule has 0 aliphatic heterocycles. The zero-order valence-corrected chi connectivity index (χ0v) is 12.1. The number of halogens is 1. The predicted octanol–water partition coefficient (Wildman–Crippen LogP) is 3.36. The van der Waals surface area contributed by atoms with Crippen LogP contribution in [0.25, 0.3) is 0 Å². The van der Waals surface area contributed by atoms with Crippen molar-refractivity contribution in [1.29, 1.82) is 0 Å². The summed E-state index contributed by atoms with van der Waals surface area (Å²) < 4.78 is 19.0. The molecule has 3 nitrogen and oxygen atoms in total. The van der Waals surface area contributed by atoms with Gasteiger partial charge in [-0.15, -0.1) is 0 Å². The molecule has 0 unspecified atom stereocenters. The maximum atomic E-state index is 13.2. The first kappa shape index (κ1) is 14.0. The SMILES string of the molecule is Cc1ccc(OCc2cccc(F)c2)c(CNC2CC2)n1. The normalized spacial score (nSPS) is 14.2. The van der Waals surface area contributed by atoms with Gasteiger partial charge < -0.3 is 10.1 Å². The summed E-state index contributed by atoms with van der Waals surface area (Å²) in [7, 11) is 0. The fourth-order valence-corrected chi connectivity index (χ4v) is 2.17. The van der Waals surface area contributed by atoms with Gasteiger partial charge in [0.05, 0.1) is 5.69 Å². The first-order valence-electron chi connectivity index (χ1n) is 7.28. The molecule has 1 saturated carbocycles. The van der Waals surface area contributed by atoms with Crippen LogP contribution in [0.3, 0.4) is 0 Å². The van der Waals surface area contributed by atoms with Crippen LogP contribution in [-0.4, -0.2) is 11.0 Å². The van der Waals surface area contributed by atoms with E-state index < -0.39 is 0 Å². The van der Waals surface area contributed by atoms with E-state index in [9.17, 15) is 4.39 Å². The molecular weight excluding hydrogens is 267 g/mol. The Morgan fingerprint density at radius 1 is 1.29 bits per heavy atom. The third-order valence-electron chi connectivity index (χ3n) is 3.49. The van der Waals surface area contributed by atoms with Crippen molar-refractivity contribution in [2.24, 2.45) is 0 Å². The third-order valence-corrected chi connectivity index (χ3v) is 3.49. The predicted molar refractivity (Wildman–Crippen MR) is 79.6 cm³/mol. The van der Waals surface area contributed by atoms with E-state index in [1.807, 2.05) is 25.1 Å². The number of benzene rings is 1. The number of rotatable bonds is 6. The van der Waals surface area contributed by atoms with E-state index in [4.69, 9.17) is 4.74 Å². The Morgan fingerprint density at radius 2 is 2.14 bits per heavy atom. The van der Waals surface area contributed by atoms with Gasteiger partial charge in [-0.05, 0) is 49.6 Å². The van der Waals surface area contributed by atoms with Crippen LogP contribution in [0, 0.1) is 12.7 Å². The molecule has 4 heteroatoms.